The van der Waals surface area contributed by atoms with Gasteiger partial charge in [0.1, 0.15) is 5.65 Å². The van der Waals surface area contributed by atoms with Gasteiger partial charge in [-0.3, -0.25) is 14.0 Å². The lowest BCUT2D eigenvalue weighted by molar-refractivity contribution is -0.123. The second-order valence-electron chi connectivity index (χ2n) is 4.62. The highest BCUT2D eigenvalue weighted by Crippen LogP contribution is 2.18. The number of rotatable bonds is 6. The number of amides is 2. The third kappa shape index (κ3) is 4.08. The maximum absolute atomic E-state index is 11.7. The molecular formula is C15H17ClN4O2. The zero-order chi connectivity index (χ0) is 15.9. The van der Waals surface area contributed by atoms with Gasteiger partial charge >= 0.3 is 0 Å². The van der Waals surface area contributed by atoms with Gasteiger partial charge in [0.2, 0.25) is 11.8 Å². The van der Waals surface area contributed by atoms with E-state index >= 15 is 0 Å². The van der Waals surface area contributed by atoms with E-state index in [4.69, 9.17) is 11.6 Å². The highest BCUT2D eigenvalue weighted by molar-refractivity contribution is 6.31. The standard InChI is InChI=1S/C15H17ClN4O2/c1-2-8-17-14(22)10-18-13(21)7-6-11-15(16)19-12-5-3-4-9-20(11)12/h3-7,9H,2,8,10H2,1H3,(H,17,22)(H,18,21)/b7-6+. The Kier molecular flexibility index (Phi) is 5.55. The predicted molar refractivity (Wildman–Crippen MR) is 85.5 cm³/mol. The Hall–Kier alpha value is -2.34. The van der Waals surface area contributed by atoms with Crippen molar-refractivity contribution in [2.24, 2.45) is 0 Å². The van der Waals surface area contributed by atoms with Crippen LogP contribution in [0, 0.1) is 0 Å². The van der Waals surface area contributed by atoms with Crippen LogP contribution in [0.5, 0.6) is 0 Å². The fraction of sp³-hybridized carbons (Fsp3) is 0.267. The molecule has 0 spiro atoms. The van der Waals surface area contributed by atoms with Crippen LogP contribution in [0.15, 0.2) is 30.5 Å². The van der Waals surface area contributed by atoms with E-state index in [0.29, 0.717) is 23.0 Å². The van der Waals surface area contributed by atoms with Crippen LogP contribution >= 0.6 is 11.6 Å². The Morgan fingerprint density at radius 1 is 1.36 bits per heavy atom. The normalized spacial score (nSPS) is 11.0. The Labute approximate surface area is 133 Å². The van der Waals surface area contributed by atoms with Gasteiger partial charge in [0, 0.05) is 18.8 Å². The van der Waals surface area contributed by atoms with Crippen LogP contribution in [0.1, 0.15) is 19.0 Å². The van der Waals surface area contributed by atoms with Crippen molar-refractivity contribution in [2.75, 3.05) is 13.1 Å². The van der Waals surface area contributed by atoms with E-state index in [9.17, 15) is 9.59 Å². The van der Waals surface area contributed by atoms with E-state index < -0.39 is 0 Å². The molecule has 7 heteroatoms. The summed E-state index contributed by atoms with van der Waals surface area (Å²) in [5, 5.41) is 5.50. The summed E-state index contributed by atoms with van der Waals surface area (Å²) in [5.74, 6) is -0.579. The van der Waals surface area contributed by atoms with Gasteiger partial charge in [-0.25, -0.2) is 4.98 Å². The number of halogens is 1. The van der Waals surface area contributed by atoms with Crippen molar-refractivity contribution in [1.82, 2.24) is 20.0 Å². The monoisotopic (exact) mass is 320 g/mol. The summed E-state index contributed by atoms with van der Waals surface area (Å²) in [5.41, 5.74) is 1.31. The molecule has 0 saturated carbocycles. The number of hydrogen-bond acceptors (Lipinski definition) is 3. The number of aromatic nitrogens is 2. The molecule has 0 unspecified atom stereocenters. The SMILES string of the molecule is CCCNC(=O)CNC(=O)/C=C/c1c(Cl)nc2ccccn12. The maximum atomic E-state index is 11.7. The molecule has 0 aliphatic rings. The summed E-state index contributed by atoms with van der Waals surface area (Å²) in [7, 11) is 0. The van der Waals surface area contributed by atoms with Crippen LogP contribution in [0.2, 0.25) is 5.15 Å². The van der Waals surface area contributed by atoms with Crippen LogP contribution in [0.4, 0.5) is 0 Å². The topological polar surface area (TPSA) is 75.5 Å². The molecule has 0 radical (unpaired) electrons. The maximum Gasteiger partial charge on any atom is 0.244 e. The van der Waals surface area contributed by atoms with Crippen LogP contribution in [-0.4, -0.2) is 34.3 Å². The molecule has 0 aliphatic carbocycles. The van der Waals surface area contributed by atoms with Gasteiger partial charge in [-0.05, 0) is 24.6 Å². The first kappa shape index (κ1) is 16.0. The molecule has 0 fully saturated rings. The first-order valence-electron chi connectivity index (χ1n) is 6.97. The van der Waals surface area contributed by atoms with Gasteiger partial charge < -0.3 is 10.6 Å². The molecule has 6 nitrogen and oxygen atoms in total. The summed E-state index contributed by atoms with van der Waals surface area (Å²) in [6.45, 7) is 2.51. The first-order chi connectivity index (χ1) is 10.6. The molecule has 0 bridgehead atoms. The minimum atomic E-state index is -0.367. The molecular weight excluding hydrogens is 304 g/mol. The zero-order valence-electron chi connectivity index (χ0n) is 12.2. The minimum Gasteiger partial charge on any atom is -0.355 e. The average molecular weight is 321 g/mol. The lowest BCUT2D eigenvalue weighted by Crippen LogP contribution is -2.36. The number of carbonyl (C=O) groups excluding carboxylic acids is 2. The van der Waals surface area contributed by atoms with Crippen molar-refractivity contribution < 1.29 is 9.59 Å². The van der Waals surface area contributed by atoms with Crippen molar-refractivity contribution >= 4 is 35.1 Å². The van der Waals surface area contributed by atoms with E-state index in [1.807, 2.05) is 31.3 Å². The fourth-order valence-corrected chi connectivity index (χ4v) is 2.08. The van der Waals surface area contributed by atoms with Crippen molar-refractivity contribution in [3.05, 3.63) is 41.3 Å². The molecule has 0 aromatic carbocycles. The molecule has 2 N–H and O–H groups in total. The van der Waals surface area contributed by atoms with Crippen molar-refractivity contribution in [2.45, 2.75) is 13.3 Å². The van der Waals surface area contributed by atoms with Crippen molar-refractivity contribution in [1.29, 1.82) is 0 Å². The number of imidazole rings is 1. The van der Waals surface area contributed by atoms with E-state index in [0.717, 1.165) is 6.42 Å². The summed E-state index contributed by atoms with van der Waals surface area (Å²) >= 11 is 6.06. The van der Waals surface area contributed by atoms with E-state index in [1.54, 1.807) is 10.5 Å². The molecule has 0 saturated heterocycles. The van der Waals surface area contributed by atoms with Crippen LogP contribution in [0.25, 0.3) is 11.7 Å². The van der Waals surface area contributed by atoms with Crippen molar-refractivity contribution in [3.8, 4) is 0 Å². The Morgan fingerprint density at radius 2 is 2.18 bits per heavy atom. The average Bonchev–Trinajstić information content (AvgIpc) is 2.84. The molecule has 116 valence electrons. The highest BCUT2D eigenvalue weighted by Gasteiger charge is 2.07. The molecule has 0 atom stereocenters. The molecule has 2 rings (SSSR count). The summed E-state index contributed by atoms with van der Waals surface area (Å²) < 4.78 is 1.78. The second kappa shape index (κ2) is 7.61. The second-order valence-corrected chi connectivity index (χ2v) is 4.98. The highest BCUT2D eigenvalue weighted by atomic mass is 35.5. The van der Waals surface area contributed by atoms with E-state index in [1.165, 1.54) is 6.08 Å². The molecule has 22 heavy (non-hydrogen) atoms. The largest absolute Gasteiger partial charge is 0.355 e. The fourth-order valence-electron chi connectivity index (χ4n) is 1.84. The third-order valence-electron chi connectivity index (χ3n) is 2.91. The van der Waals surface area contributed by atoms with Crippen molar-refractivity contribution in [3.63, 3.8) is 0 Å². The lowest BCUT2D eigenvalue weighted by atomic mass is 10.3. The smallest absolute Gasteiger partial charge is 0.244 e. The number of carbonyl (C=O) groups is 2. The van der Waals surface area contributed by atoms with Gasteiger partial charge in [0.15, 0.2) is 5.15 Å². The summed E-state index contributed by atoms with van der Waals surface area (Å²) in [6.07, 6.45) is 5.56. The Balaban J connectivity index is 1.97. The zero-order valence-corrected chi connectivity index (χ0v) is 12.9. The predicted octanol–water partition coefficient (Wildman–Crippen LogP) is 1.64. The summed E-state index contributed by atoms with van der Waals surface area (Å²) in [4.78, 5) is 27.3. The Bertz CT molecular complexity index is 709. The van der Waals surface area contributed by atoms with Gasteiger partial charge in [-0.1, -0.05) is 24.6 Å². The lowest BCUT2D eigenvalue weighted by Gasteiger charge is -2.03. The van der Waals surface area contributed by atoms with Gasteiger partial charge in [-0.15, -0.1) is 0 Å². The quantitative estimate of drug-likeness (QED) is 0.795. The number of nitrogens with one attached hydrogen (secondary N) is 2. The molecule has 2 amide bonds. The summed E-state index contributed by atoms with van der Waals surface area (Å²) in [6, 6.07) is 5.52. The number of pyridine rings is 1. The first-order valence-corrected chi connectivity index (χ1v) is 7.34. The van der Waals surface area contributed by atoms with Crippen LogP contribution in [0.3, 0.4) is 0 Å². The Morgan fingerprint density at radius 3 is 2.95 bits per heavy atom. The van der Waals surface area contributed by atoms with Gasteiger partial charge in [-0.2, -0.15) is 0 Å². The minimum absolute atomic E-state index is 0.0515. The molecule has 2 heterocycles. The molecule has 2 aromatic heterocycles. The van der Waals surface area contributed by atoms with Crippen LogP contribution < -0.4 is 10.6 Å². The molecule has 2 aromatic rings. The van der Waals surface area contributed by atoms with Gasteiger partial charge in [0.25, 0.3) is 0 Å². The number of fused-ring (bicyclic) bond motifs is 1. The van der Waals surface area contributed by atoms with E-state index in [-0.39, 0.29) is 18.4 Å². The van der Waals surface area contributed by atoms with Gasteiger partial charge in [0.05, 0.1) is 12.2 Å². The van der Waals surface area contributed by atoms with Crippen LogP contribution in [-0.2, 0) is 9.59 Å². The third-order valence-corrected chi connectivity index (χ3v) is 3.19. The molecule has 0 aliphatic heterocycles. The number of hydrogen-bond donors (Lipinski definition) is 2. The number of nitrogens with zero attached hydrogens (tertiary/aromatic N) is 2. The van der Waals surface area contributed by atoms with E-state index in [2.05, 4.69) is 15.6 Å².